The first kappa shape index (κ1) is 27.1. The van der Waals surface area contributed by atoms with Gasteiger partial charge in [-0.25, -0.2) is 4.98 Å². The number of aromatic nitrogens is 4. The molecule has 8 aromatic carbocycles. The SMILES string of the molecule is c1ccc(-c2nc(-c3cc4oc5ccccc5c4c4ccccc34)nc(-n3c4cc5ccccc5cc4c4c5ccccc5ccc43)n2)cc1. The minimum atomic E-state index is 0.563. The lowest BCUT2D eigenvalue weighted by Gasteiger charge is -2.13. The molecule has 11 aromatic rings. The van der Waals surface area contributed by atoms with E-state index in [1.165, 1.54) is 21.5 Å². The number of hydrogen-bond acceptors (Lipinski definition) is 4. The summed E-state index contributed by atoms with van der Waals surface area (Å²) in [6.07, 6.45) is 0. The van der Waals surface area contributed by atoms with Gasteiger partial charge in [-0.2, -0.15) is 9.97 Å². The Morgan fingerprint density at radius 2 is 1.06 bits per heavy atom. The molecule has 3 heterocycles. The molecule has 0 aliphatic rings. The van der Waals surface area contributed by atoms with Crippen molar-refractivity contribution >= 4 is 76.1 Å². The third-order valence-electron chi connectivity index (χ3n) is 10.0. The average molecular weight is 639 g/mol. The maximum atomic E-state index is 6.46. The molecular weight excluding hydrogens is 613 g/mol. The normalized spacial score (nSPS) is 12.0. The van der Waals surface area contributed by atoms with E-state index in [9.17, 15) is 0 Å². The summed E-state index contributed by atoms with van der Waals surface area (Å²) in [5.74, 6) is 1.76. The maximum Gasteiger partial charge on any atom is 0.238 e. The van der Waals surface area contributed by atoms with Crippen molar-refractivity contribution in [3.05, 3.63) is 158 Å². The van der Waals surface area contributed by atoms with E-state index >= 15 is 0 Å². The third kappa shape index (κ3) is 3.92. The lowest BCUT2D eigenvalue weighted by molar-refractivity contribution is 0.669. The minimum Gasteiger partial charge on any atom is -0.456 e. The lowest BCUT2D eigenvalue weighted by atomic mass is 9.98. The molecule has 50 heavy (non-hydrogen) atoms. The molecule has 0 bridgehead atoms. The van der Waals surface area contributed by atoms with Crippen LogP contribution in [-0.2, 0) is 0 Å². The monoisotopic (exact) mass is 638 g/mol. The molecule has 0 amide bonds. The zero-order chi connectivity index (χ0) is 32.8. The predicted octanol–water partition coefficient (Wildman–Crippen LogP) is 11.7. The number of fused-ring (bicyclic) bond motifs is 11. The van der Waals surface area contributed by atoms with E-state index in [1.807, 2.05) is 30.3 Å². The van der Waals surface area contributed by atoms with Crippen LogP contribution in [-0.4, -0.2) is 19.5 Å². The zero-order valence-corrected chi connectivity index (χ0v) is 26.7. The van der Waals surface area contributed by atoms with Gasteiger partial charge in [0.2, 0.25) is 5.95 Å². The maximum absolute atomic E-state index is 6.46. The van der Waals surface area contributed by atoms with Crippen LogP contribution in [0.15, 0.2) is 162 Å². The second-order valence-electron chi connectivity index (χ2n) is 12.8. The Bertz CT molecular complexity index is 3160. The van der Waals surface area contributed by atoms with Crippen molar-refractivity contribution in [1.82, 2.24) is 19.5 Å². The molecule has 3 aromatic heterocycles. The Morgan fingerprint density at radius 1 is 0.400 bits per heavy atom. The van der Waals surface area contributed by atoms with Crippen molar-refractivity contribution in [1.29, 1.82) is 0 Å². The van der Waals surface area contributed by atoms with E-state index in [0.717, 1.165) is 65.6 Å². The molecule has 5 heteroatoms. The minimum absolute atomic E-state index is 0.563. The van der Waals surface area contributed by atoms with E-state index in [-0.39, 0.29) is 0 Å². The number of nitrogens with zero attached hydrogens (tertiary/aromatic N) is 4. The highest BCUT2D eigenvalue weighted by Crippen LogP contribution is 2.41. The molecule has 0 N–H and O–H groups in total. The topological polar surface area (TPSA) is 56.7 Å². The molecule has 0 atom stereocenters. The molecule has 0 unspecified atom stereocenters. The van der Waals surface area contributed by atoms with Crippen LogP contribution in [0.4, 0.5) is 0 Å². The summed E-state index contributed by atoms with van der Waals surface area (Å²) in [6, 6.07) is 55.0. The van der Waals surface area contributed by atoms with E-state index in [1.54, 1.807) is 0 Å². The first-order chi connectivity index (χ1) is 24.8. The number of para-hydroxylation sites is 1. The lowest BCUT2D eigenvalue weighted by Crippen LogP contribution is -2.06. The van der Waals surface area contributed by atoms with Crippen LogP contribution < -0.4 is 0 Å². The van der Waals surface area contributed by atoms with Gasteiger partial charge in [-0.3, -0.25) is 4.57 Å². The fourth-order valence-electron chi connectivity index (χ4n) is 7.76. The highest BCUT2D eigenvalue weighted by molar-refractivity contribution is 6.24. The molecular formula is C45H26N4O. The van der Waals surface area contributed by atoms with E-state index in [4.69, 9.17) is 19.4 Å². The highest BCUT2D eigenvalue weighted by atomic mass is 16.3. The predicted molar refractivity (Wildman–Crippen MR) is 205 cm³/mol. The summed E-state index contributed by atoms with van der Waals surface area (Å²) in [6.45, 7) is 0. The van der Waals surface area contributed by atoms with E-state index < -0.39 is 0 Å². The summed E-state index contributed by atoms with van der Waals surface area (Å²) in [5.41, 5.74) is 5.56. The highest BCUT2D eigenvalue weighted by Gasteiger charge is 2.22. The molecule has 0 saturated carbocycles. The largest absolute Gasteiger partial charge is 0.456 e. The molecule has 0 fully saturated rings. The summed E-state index contributed by atoms with van der Waals surface area (Å²) in [5, 5.41) is 11.4. The van der Waals surface area contributed by atoms with Gasteiger partial charge in [-0.05, 0) is 62.6 Å². The molecule has 0 saturated heterocycles. The van der Waals surface area contributed by atoms with Crippen LogP contribution in [0.1, 0.15) is 0 Å². The smallest absolute Gasteiger partial charge is 0.238 e. The summed E-state index contributed by atoms with van der Waals surface area (Å²) in [7, 11) is 0. The molecule has 11 rings (SSSR count). The van der Waals surface area contributed by atoms with Gasteiger partial charge in [-0.15, -0.1) is 0 Å². The second kappa shape index (κ2) is 10.3. The molecule has 232 valence electrons. The zero-order valence-electron chi connectivity index (χ0n) is 26.7. The Hall–Kier alpha value is -6.85. The Balaban J connectivity index is 1.28. The van der Waals surface area contributed by atoms with Crippen molar-refractivity contribution in [2.24, 2.45) is 0 Å². The van der Waals surface area contributed by atoms with Gasteiger partial charge in [0.15, 0.2) is 11.6 Å². The van der Waals surface area contributed by atoms with Crippen molar-refractivity contribution in [2.45, 2.75) is 0 Å². The fraction of sp³-hybridized carbons (Fsp3) is 0. The Labute approximate surface area is 285 Å². The summed E-state index contributed by atoms with van der Waals surface area (Å²) < 4.78 is 8.67. The van der Waals surface area contributed by atoms with Gasteiger partial charge < -0.3 is 4.42 Å². The fourth-order valence-corrected chi connectivity index (χ4v) is 7.76. The number of benzene rings is 8. The van der Waals surface area contributed by atoms with E-state index in [2.05, 4.69) is 132 Å². The molecule has 5 nitrogen and oxygen atoms in total. The second-order valence-corrected chi connectivity index (χ2v) is 12.8. The molecule has 0 spiro atoms. The average Bonchev–Trinajstić information content (AvgIpc) is 3.72. The van der Waals surface area contributed by atoms with E-state index in [0.29, 0.717) is 17.6 Å². The first-order valence-electron chi connectivity index (χ1n) is 16.8. The van der Waals surface area contributed by atoms with Crippen LogP contribution >= 0.6 is 0 Å². The number of rotatable bonds is 3. The van der Waals surface area contributed by atoms with Crippen LogP contribution in [0.3, 0.4) is 0 Å². The van der Waals surface area contributed by atoms with Crippen molar-refractivity contribution in [3.8, 4) is 28.7 Å². The van der Waals surface area contributed by atoms with Gasteiger partial charge in [0, 0.05) is 32.7 Å². The third-order valence-corrected chi connectivity index (χ3v) is 10.0. The molecule has 0 aliphatic heterocycles. The standard InChI is InChI=1S/C45H26N4O/c1-2-13-28(14-3-1)43-46-44(35-26-40-42(33-19-9-8-18-32(33)35)34-20-10-11-21-39(34)50-40)48-45(47-43)49-37-23-22-27-12-6-7-17-31(27)41(37)36-24-29-15-4-5-16-30(29)25-38(36)49/h1-26H. The summed E-state index contributed by atoms with van der Waals surface area (Å²) in [4.78, 5) is 15.7. The molecule has 0 radical (unpaired) electrons. The number of furan rings is 1. The van der Waals surface area contributed by atoms with Crippen molar-refractivity contribution < 1.29 is 4.42 Å². The van der Waals surface area contributed by atoms with Crippen molar-refractivity contribution in [2.75, 3.05) is 0 Å². The van der Waals surface area contributed by atoms with Crippen LogP contribution in [0.5, 0.6) is 0 Å². The van der Waals surface area contributed by atoms with Crippen LogP contribution in [0.2, 0.25) is 0 Å². The Kier molecular flexibility index (Phi) is 5.60. The van der Waals surface area contributed by atoms with Gasteiger partial charge in [-0.1, -0.05) is 127 Å². The van der Waals surface area contributed by atoms with Crippen LogP contribution in [0.25, 0.3) is 105 Å². The van der Waals surface area contributed by atoms with Gasteiger partial charge in [0.25, 0.3) is 0 Å². The van der Waals surface area contributed by atoms with Crippen molar-refractivity contribution in [3.63, 3.8) is 0 Å². The van der Waals surface area contributed by atoms with Gasteiger partial charge in [0.1, 0.15) is 11.2 Å². The first-order valence-corrected chi connectivity index (χ1v) is 16.8. The number of hydrogen-bond donors (Lipinski definition) is 0. The quantitative estimate of drug-likeness (QED) is 0.193. The Morgan fingerprint density at radius 3 is 1.90 bits per heavy atom. The van der Waals surface area contributed by atoms with Gasteiger partial charge >= 0.3 is 0 Å². The molecule has 0 aliphatic carbocycles. The van der Waals surface area contributed by atoms with Crippen LogP contribution in [0, 0.1) is 0 Å². The van der Waals surface area contributed by atoms with Gasteiger partial charge in [0.05, 0.1) is 11.0 Å². The summed E-state index contributed by atoms with van der Waals surface area (Å²) >= 11 is 0.